The Bertz CT molecular complexity index is 1030. The van der Waals surface area contributed by atoms with E-state index in [-0.39, 0.29) is 12.4 Å². The van der Waals surface area contributed by atoms with E-state index in [0.717, 1.165) is 21.3 Å². The van der Waals surface area contributed by atoms with Crippen molar-refractivity contribution in [2.45, 2.75) is 19.7 Å². The van der Waals surface area contributed by atoms with Gasteiger partial charge in [-0.1, -0.05) is 24.3 Å². The maximum atomic E-state index is 13.0. The summed E-state index contributed by atoms with van der Waals surface area (Å²) in [4.78, 5) is 13.0. The van der Waals surface area contributed by atoms with Gasteiger partial charge < -0.3 is 15.2 Å². The minimum atomic E-state index is -0.994. The lowest BCUT2D eigenvalue weighted by molar-refractivity contribution is -0.146. The number of benzene rings is 2. The maximum absolute atomic E-state index is 13.0. The lowest BCUT2D eigenvalue weighted by atomic mass is 10.1. The van der Waals surface area contributed by atoms with Crippen molar-refractivity contribution >= 4 is 23.5 Å². The van der Waals surface area contributed by atoms with Crippen LogP contribution in [-0.4, -0.2) is 39.7 Å². The van der Waals surface area contributed by atoms with Crippen LogP contribution in [0.3, 0.4) is 0 Å². The number of nitrogen functional groups attached to an aromatic ring is 1. The van der Waals surface area contributed by atoms with Gasteiger partial charge in [-0.25, -0.2) is 9.10 Å². The molecule has 0 saturated carbocycles. The molecule has 1 amide bonds. The van der Waals surface area contributed by atoms with Crippen molar-refractivity contribution in [1.29, 1.82) is 5.41 Å². The van der Waals surface area contributed by atoms with Gasteiger partial charge in [0.25, 0.3) is 5.91 Å². The molecule has 31 heavy (non-hydrogen) atoms. The number of nitrogens with two attached hydrogens (primary N) is 1. The lowest BCUT2D eigenvalue weighted by Crippen LogP contribution is -2.33. The number of rotatable bonds is 9. The van der Waals surface area contributed by atoms with Gasteiger partial charge in [-0.3, -0.25) is 10.2 Å². The van der Waals surface area contributed by atoms with Gasteiger partial charge in [-0.05, 0) is 42.8 Å². The summed E-state index contributed by atoms with van der Waals surface area (Å²) in [5, 5.41) is 12.0. The van der Waals surface area contributed by atoms with E-state index >= 15 is 0 Å². The number of methoxy groups -OCH3 is 1. The number of hydrogen-bond acceptors (Lipinski definition) is 5. The summed E-state index contributed by atoms with van der Waals surface area (Å²) in [6.07, 6.45) is 0.690. The zero-order valence-electron chi connectivity index (χ0n) is 17.3. The zero-order chi connectivity index (χ0) is 22.4. The Kier molecular flexibility index (Phi) is 7.28. The van der Waals surface area contributed by atoms with Crippen molar-refractivity contribution in [3.63, 3.8) is 0 Å². The lowest BCUT2D eigenvalue weighted by Gasteiger charge is -2.22. The fraction of sp³-hybridized carbons (Fsp3) is 0.227. The highest BCUT2D eigenvalue weighted by Gasteiger charge is 2.27. The molecule has 162 valence electrons. The molecule has 8 nitrogen and oxygen atoms in total. The largest absolute Gasteiger partial charge is 0.497 e. The van der Waals surface area contributed by atoms with Crippen LogP contribution in [-0.2, 0) is 16.1 Å². The second kappa shape index (κ2) is 10.1. The molecule has 3 rings (SSSR count). The Morgan fingerprint density at radius 3 is 2.45 bits per heavy atom. The first-order valence-corrected chi connectivity index (χ1v) is 9.98. The van der Waals surface area contributed by atoms with Crippen LogP contribution in [0.25, 0.3) is 11.3 Å². The van der Waals surface area contributed by atoms with Gasteiger partial charge in [-0.2, -0.15) is 5.10 Å². The minimum Gasteiger partial charge on any atom is -0.497 e. The monoisotopic (exact) mass is 441 g/mol. The standard InChI is InChI=1S/C22H24ClN5O3/c1-3-31-22(21(29)27(23)14-15-4-6-17(7-5-15)20(24)25)28-13-12-19(26-28)16-8-10-18(30-2)11-9-16/h4-13,22H,3,14H2,1-2H3,(H3,24,25). The van der Waals surface area contributed by atoms with Gasteiger partial charge in [0.15, 0.2) is 0 Å². The number of ether oxygens (including phenoxy) is 2. The molecule has 3 aromatic rings. The first-order valence-electron chi connectivity index (χ1n) is 9.64. The average molecular weight is 442 g/mol. The van der Waals surface area contributed by atoms with Crippen LogP contribution in [0.2, 0.25) is 0 Å². The third-order valence-corrected chi connectivity index (χ3v) is 4.88. The third kappa shape index (κ3) is 5.42. The molecule has 1 atom stereocenters. The second-order valence-electron chi connectivity index (χ2n) is 6.69. The van der Waals surface area contributed by atoms with E-state index < -0.39 is 12.1 Å². The van der Waals surface area contributed by atoms with E-state index in [1.807, 2.05) is 24.3 Å². The maximum Gasteiger partial charge on any atom is 0.289 e. The normalized spacial score (nSPS) is 11.7. The number of aromatic nitrogens is 2. The van der Waals surface area contributed by atoms with Gasteiger partial charge in [-0.15, -0.1) is 0 Å². The summed E-state index contributed by atoms with van der Waals surface area (Å²) in [7, 11) is 1.61. The Labute approximate surface area is 185 Å². The number of nitrogens with zero attached hydrogens (tertiary/aromatic N) is 3. The number of carbonyl (C=O) groups excluding carboxylic acids is 1. The summed E-state index contributed by atoms with van der Waals surface area (Å²) >= 11 is 6.29. The van der Waals surface area contributed by atoms with E-state index in [0.29, 0.717) is 17.9 Å². The Balaban J connectivity index is 1.75. The number of nitrogens with one attached hydrogen (secondary N) is 1. The molecule has 3 N–H and O–H groups in total. The molecular formula is C22H24ClN5O3. The quantitative estimate of drug-likeness (QED) is 0.300. The Hall–Kier alpha value is -3.36. The van der Waals surface area contributed by atoms with E-state index in [1.54, 1.807) is 50.6 Å². The van der Waals surface area contributed by atoms with Crippen LogP contribution in [0.5, 0.6) is 5.75 Å². The fourth-order valence-electron chi connectivity index (χ4n) is 2.95. The van der Waals surface area contributed by atoms with Gasteiger partial charge in [0.1, 0.15) is 11.6 Å². The number of amidine groups is 1. The smallest absolute Gasteiger partial charge is 0.289 e. The van der Waals surface area contributed by atoms with E-state index in [4.69, 9.17) is 32.4 Å². The van der Waals surface area contributed by atoms with Gasteiger partial charge in [0.2, 0.25) is 6.23 Å². The minimum absolute atomic E-state index is 0.0203. The number of carbonyl (C=O) groups is 1. The molecule has 0 bridgehead atoms. The number of halogens is 1. The summed E-state index contributed by atoms with van der Waals surface area (Å²) in [5.74, 6) is 0.288. The first-order chi connectivity index (χ1) is 14.9. The molecule has 0 fully saturated rings. The highest BCUT2D eigenvalue weighted by molar-refractivity contribution is 6.21. The molecule has 0 aliphatic carbocycles. The summed E-state index contributed by atoms with van der Waals surface area (Å²) in [6.45, 7) is 2.27. The van der Waals surface area contributed by atoms with E-state index in [2.05, 4.69) is 5.10 Å². The highest BCUT2D eigenvalue weighted by Crippen LogP contribution is 2.23. The van der Waals surface area contributed by atoms with Crippen molar-refractivity contribution in [1.82, 2.24) is 14.2 Å². The topological polar surface area (TPSA) is 106 Å². The van der Waals surface area contributed by atoms with Crippen molar-refractivity contribution in [2.75, 3.05) is 13.7 Å². The second-order valence-corrected chi connectivity index (χ2v) is 7.09. The molecule has 0 aliphatic heterocycles. The SMILES string of the molecule is CCOC(C(=O)N(Cl)Cc1ccc(C(=N)N)cc1)n1ccc(-c2ccc(OC)cc2)n1. The van der Waals surface area contributed by atoms with Crippen molar-refractivity contribution < 1.29 is 14.3 Å². The predicted octanol–water partition coefficient (Wildman–Crippen LogP) is 3.56. The van der Waals surface area contributed by atoms with Gasteiger partial charge in [0.05, 0.1) is 19.3 Å². The average Bonchev–Trinajstić information content (AvgIpc) is 3.27. The van der Waals surface area contributed by atoms with Crippen LogP contribution in [0.1, 0.15) is 24.3 Å². The Morgan fingerprint density at radius 2 is 1.87 bits per heavy atom. The molecule has 0 radical (unpaired) electrons. The molecule has 1 unspecified atom stereocenters. The van der Waals surface area contributed by atoms with Crippen molar-refractivity contribution in [3.05, 3.63) is 71.9 Å². The van der Waals surface area contributed by atoms with Gasteiger partial charge in [0, 0.05) is 35.7 Å². The van der Waals surface area contributed by atoms with Crippen molar-refractivity contribution in [3.8, 4) is 17.0 Å². The van der Waals surface area contributed by atoms with E-state index in [1.165, 1.54) is 4.68 Å². The van der Waals surface area contributed by atoms with Crippen LogP contribution >= 0.6 is 11.8 Å². The molecule has 0 saturated heterocycles. The summed E-state index contributed by atoms with van der Waals surface area (Å²) < 4.78 is 13.3. The molecule has 2 aromatic carbocycles. The molecular weight excluding hydrogens is 418 g/mol. The van der Waals surface area contributed by atoms with Crippen LogP contribution in [0.4, 0.5) is 0 Å². The molecule has 0 spiro atoms. The summed E-state index contributed by atoms with van der Waals surface area (Å²) in [6, 6.07) is 16.2. The van der Waals surface area contributed by atoms with Crippen LogP contribution in [0.15, 0.2) is 60.8 Å². The first kappa shape index (κ1) is 22.3. The molecule has 1 aromatic heterocycles. The zero-order valence-corrected chi connectivity index (χ0v) is 18.0. The third-order valence-electron chi connectivity index (χ3n) is 4.60. The predicted molar refractivity (Wildman–Crippen MR) is 119 cm³/mol. The molecule has 1 heterocycles. The molecule has 0 aliphatic rings. The Morgan fingerprint density at radius 1 is 1.19 bits per heavy atom. The van der Waals surface area contributed by atoms with Crippen LogP contribution < -0.4 is 10.5 Å². The van der Waals surface area contributed by atoms with E-state index in [9.17, 15) is 4.79 Å². The van der Waals surface area contributed by atoms with Crippen LogP contribution in [0, 0.1) is 5.41 Å². The molecule has 9 heteroatoms. The number of hydrogen-bond donors (Lipinski definition) is 2. The number of amides is 1. The fourth-order valence-corrected chi connectivity index (χ4v) is 3.17. The summed E-state index contributed by atoms with van der Waals surface area (Å²) in [5.41, 5.74) is 8.45. The highest BCUT2D eigenvalue weighted by atomic mass is 35.5. The van der Waals surface area contributed by atoms with Gasteiger partial charge >= 0.3 is 0 Å². The van der Waals surface area contributed by atoms with Crippen molar-refractivity contribution in [2.24, 2.45) is 5.73 Å².